The summed E-state index contributed by atoms with van der Waals surface area (Å²) in [4.78, 5) is 42.3. The van der Waals surface area contributed by atoms with Crippen LogP contribution in [0.3, 0.4) is 0 Å². The molecule has 0 spiro atoms. The molecule has 0 amide bonds. The molecule has 0 bridgehead atoms. The van der Waals surface area contributed by atoms with Gasteiger partial charge < -0.3 is 9.30 Å². The molecule has 0 aliphatic heterocycles. The number of rotatable bonds is 5. The van der Waals surface area contributed by atoms with Crippen LogP contribution in [0.5, 0.6) is 0 Å². The van der Waals surface area contributed by atoms with E-state index in [9.17, 15) is 14.4 Å². The Labute approximate surface area is 158 Å². The van der Waals surface area contributed by atoms with Crippen molar-refractivity contribution in [1.82, 2.24) is 18.7 Å². The number of halogens is 1. The normalized spacial score (nSPS) is 13.9. The van der Waals surface area contributed by atoms with Crippen LogP contribution < -0.4 is 11.2 Å². The molecule has 0 saturated heterocycles. The molecule has 1 fully saturated rings. The van der Waals surface area contributed by atoms with Gasteiger partial charge in [0.15, 0.2) is 11.2 Å². The summed E-state index contributed by atoms with van der Waals surface area (Å²) in [7, 11) is 0. The Morgan fingerprint density at radius 1 is 1.30 bits per heavy atom. The van der Waals surface area contributed by atoms with Crippen LogP contribution in [0.15, 0.2) is 40.2 Å². The Bertz CT molecular complexity index is 1160. The molecule has 4 rings (SSSR count). The van der Waals surface area contributed by atoms with Crippen LogP contribution in [0.2, 0.25) is 5.02 Å². The number of para-hydroxylation sites is 1. The Kier molecular flexibility index (Phi) is 4.35. The molecule has 1 aliphatic carbocycles. The molecule has 0 atom stereocenters. The first-order valence-electron chi connectivity index (χ1n) is 8.65. The Hall–Kier alpha value is -2.87. The molecule has 8 nitrogen and oxygen atoms in total. The van der Waals surface area contributed by atoms with E-state index in [2.05, 4.69) is 4.98 Å². The summed E-state index contributed by atoms with van der Waals surface area (Å²) in [6.07, 6.45) is 2.89. The fourth-order valence-corrected chi connectivity index (χ4v) is 3.34. The van der Waals surface area contributed by atoms with Crippen molar-refractivity contribution in [2.75, 3.05) is 6.61 Å². The molecule has 1 saturated carbocycles. The summed E-state index contributed by atoms with van der Waals surface area (Å²) >= 11 is 6.30. The summed E-state index contributed by atoms with van der Waals surface area (Å²) in [5.41, 5.74) is -0.161. The summed E-state index contributed by atoms with van der Waals surface area (Å²) in [6, 6.07) is 6.72. The lowest BCUT2D eigenvalue weighted by molar-refractivity contribution is -0.143. The monoisotopic (exact) mass is 388 g/mol. The predicted molar refractivity (Wildman–Crippen MR) is 99.5 cm³/mol. The molecule has 140 valence electrons. The molecule has 3 aromatic rings. The number of benzene rings is 1. The molecular formula is C18H17ClN4O4. The number of ether oxygens (including phenoxy) is 1. The van der Waals surface area contributed by atoms with Gasteiger partial charge >= 0.3 is 11.7 Å². The SMILES string of the molecule is CCOC(=O)Cn1cnc2c1c(=O)n(C1CC1)c(=O)n2-c1ccccc1Cl. The number of nitrogens with zero attached hydrogens (tertiary/aromatic N) is 4. The molecular weight excluding hydrogens is 372 g/mol. The van der Waals surface area contributed by atoms with Gasteiger partial charge in [0.2, 0.25) is 0 Å². The highest BCUT2D eigenvalue weighted by Crippen LogP contribution is 2.33. The molecule has 0 unspecified atom stereocenters. The third kappa shape index (κ3) is 2.95. The van der Waals surface area contributed by atoms with Gasteiger partial charge in [0.05, 0.1) is 23.6 Å². The van der Waals surface area contributed by atoms with E-state index >= 15 is 0 Å². The number of carbonyl (C=O) groups excluding carboxylic acids is 1. The first-order chi connectivity index (χ1) is 13.0. The van der Waals surface area contributed by atoms with Crippen LogP contribution >= 0.6 is 11.6 Å². The van der Waals surface area contributed by atoms with Crippen molar-refractivity contribution in [3.8, 4) is 5.69 Å². The summed E-state index contributed by atoms with van der Waals surface area (Å²) < 4.78 is 8.95. The number of aromatic nitrogens is 4. The van der Waals surface area contributed by atoms with E-state index in [1.807, 2.05) is 0 Å². The van der Waals surface area contributed by atoms with Crippen molar-refractivity contribution in [2.45, 2.75) is 32.4 Å². The second kappa shape index (κ2) is 6.70. The van der Waals surface area contributed by atoms with Crippen LogP contribution in [0.25, 0.3) is 16.9 Å². The maximum atomic E-state index is 13.1. The number of hydrogen-bond acceptors (Lipinski definition) is 5. The van der Waals surface area contributed by atoms with Crippen molar-refractivity contribution in [1.29, 1.82) is 0 Å². The molecule has 2 aromatic heterocycles. The average molecular weight is 389 g/mol. The Morgan fingerprint density at radius 3 is 2.70 bits per heavy atom. The van der Waals surface area contributed by atoms with Gasteiger partial charge in [-0.3, -0.25) is 14.2 Å². The lowest BCUT2D eigenvalue weighted by atomic mass is 10.3. The smallest absolute Gasteiger partial charge is 0.337 e. The van der Waals surface area contributed by atoms with Crippen molar-refractivity contribution in [3.63, 3.8) is 0 Å². The zero-order valence-electron chi connectivity index (χ0n) is 14.6. The van der Waals surface area contributed by atoms with Gasteiger partial charge in [0, 0.05) is 6.04 Å². The van der Waals surface area contributed by atoms with Gasteiger partial charge in [-0.05, 0) is 31.9 Å². The lowest BCUT2D eigenvalue weighted by Crippen LogP contribution is -2.39. The number of hydrogen-bond donors (Lipinski definition) is 0. The second-order valence-corrected chi connectivity index (χ2v) is 6.73. The van der Waals surface area contributed by atoms with E-state index in [0.29, 0.717) is 10.7 Å². The van der Waals surface area contributed by atoms with Crippen molar-refractivity contribution < 1.29 is 9.53 Å². The minimum Gasteiger partial charge on any atom is -0.465 e. The quantitative estimate of drug-likeness (QED) is 0.623. The molecule has 2 heterocycles. The Balaban J connectivity index is 2.02. The van der Waals surface area contributed by atoms with E-state index in [-0.39, 0.29) is 30.4 Å². The third-order valence-electron chi connectivity index (χ3n) is 4.46. The molecule has 27 heavy (non-hydrogen) atoms. The van der Waals surface area contributed by atoms with Gasteiger partial charge in [-0.25, -0.2) is 14.3 Å². The van der Waals surface area contributed by atoms with Gasteiger partial charge in [-0.1, -0.05) is 23.7 Å². The highest BCUT2D eigenvalue weighted by molar-refractivity contribution is 6.32. The highest BCUT2D eigenvalue weighted by atomic mass is 35.5. The van der Waals surface area contributed by atoms with E-state index in [0.717, 1.165) is 12.8 Å². The summed E-state index contributed by atoms with van der Waals surface area (Å²) in [6.45, 7) is 1.78. The maximum Gasteiger partial charge on any atom is 0.337 e. The number of carbonyl (C=O) groups is 1. The van der Waals surface area contributed by atoms with Gasteiger partial charge in [-0.15, -0.1) is 0 Å². The van der Waals surface area contributed by atoms with Crippen LogP contribution in [0.1, 0.15) is 25.8 Å². The maximum absolute atomic E-state index is 13.1. The fraction of sp³-hybridized carbons (Fsp3) is 0.333. The van der Waals surface area contributed by atoms with Gasteiger partial charge in [-0.2, -0.15) is 0 Å². The first kappa shape index (κ1) is 17.5. The first-order valence-corrected chi connectivity index (χ1v) is 9.03. The van der Waals surface area contributed by atoms with Crippen LogP contribution in [-0.4, -0.2) is 31.3 Å². The van der Waals surface area contributed by atoms with E-state index < -0.39 is 17.2 Å². The minimum absolute atomic E-state index is 0.144. The zero-order chi connectivity index (χ0) is 19.1. The van der Waals surface area contributed by atoms with Crippen LogP contribution in [0, 0.1) is 0 Å². The van der Waals surface area contributed by atoms with Gasteiger partial charge in [0.1, 0.15) is 6.54 Å². The number of esters is 1. The van der Waals surface area contributed by atoms with Gasteiger partial charge in [0.25, 0.3) is 5.56 Å². The van der Waals surface area contributed by atoms with E-state index in [1.165, 1.54) is 20.0 Å². The number of imidazole rings is 1. The standard InChI is InChI=1S/C18H17ClN4O4/c1-2-27-14(24)9-21-10-20-16-15(21)17(25)22(11-7-8-11)18(26)23(16)13-6-4-3-5-12(13)19/h3-6,10-11H,2,7-9H2,1H3. The lowest BCUT2D eigenvalue weighted by Gasteiger charge is -2.13. The summed E-state index contributed by atoms with van der Waals surface area (Å²) in [5.74, 6) is -0.482. The predicted octanol–water partition coefficient (Wildman–Crippen LogP) is 1.90. The fourth-order valence-electron chi connectivity index (χ4n) is 3.12. The van der Waals surface area contributed by atoms with E-state index in [4.69, 9.17) is 16.3 Å². The van der Waals surface area contributed by atoms with Crippen LogP contribution in [0.4, 0.5) is 0 Å². The highest BCUT2D eigenvalue weighted by Gasteiger charge is 2.31. The molecule has 0 radical (unpaired) electrons. The summed E-state index contributed by atoms with van der Waals surface area (Å²) in [5, 5.41) is 0.363. The van der Waals surface area contributed by atoms with Crippen molar-refractivity contribution >= 4 is 28.7 Å². The van der Waals surface area contributed by atoms with E-state index in [1.54, 1.807) is 31.2 Å². The molecule has 1 aliphatic rings. The Morgan fingerprint density at radius 2 is 2.04 bits per heavy atom. The third-order valence-corrected chi connectivity index (χ3v) is 4.78. The topological polar surface area (TPSA) is 88.1 Å². The zero-order valence-corrected chi connectivity index (χ0v) is 15.3. The minimum atomic E-state index is -0.482. The largest absolute Gasteiger partial charge is 0.465 e. The number of fused-ring (bicyclic) bond motifs is 1. The van der Waals surface area contributed by atoms with Crippen LogP contribution in [-0.2, 0) is 16.1 Å². The average Bonchev–Trinajstić information content (AvgIpc) is 3.37. The molecule has 9 heteroatoms. The molecule has 0 N–H and O–H groups in total. The molecule has 1 aromatic carbocycles. The van der Waals surface area contributed by atoms with Crippen molar-refractivity contribution in [2.24, 2.45) is 0 Å². The second-order valence-electron chi connectivity index (χ2n) is 6.33. The van der Waals surface area contributed by atoms with Crippen molar-refractivity contribution in [3.05, 3.63) is 56.5 Å².